The summed E-state index contributed by atoms with van der Waals surface area (Å²) in [5, 5.41) is 0.542. The van der Waals surface area contributed by atoms with Crippen LogP contribution >= 0.6 is 27.5 Å². The highest BCUT2D eigenvalue weighted by Gasteiger charge is 2.31. The number of Topliss-reactive ketones (excluding diaryl/α,β-unsaturated/α-hetero) is 1. The predicted octanol–water partition coefficient (Wildman–Crippen LogP) is 2.41. The maximum atomic E-state index is 11.5. The van der Waals surface area contributed by atoms with Crippen LogP contribution in [0.3, 0.4) is 0 Å². The van der Waals surface area contributed by atoms with E-state index in [1.807, 2.05) is 0 Å². The quantitative estimate of drug-likeness (QED) is 0.744. The number of benzene rings is 1. The Morgan fingerprint density at radius 1 is 1.33 bits per heavy atom. The Balaban J connectivity index is 2.42. The van der Waals surface area contributed by atoms with E-state index >= 15 is 0 Å². The maximum Gasteiger partial charge on any atom is 0.294 e. The van der Waals surface area contributed by atoms with Crippen LogP contribution in [0.2, 0.25) is 5.02 Å². The van der Waals surface area contributed by atoms with Gasteiger partial charge in [0.25, 0.3) is 5.91 Å². The van der Waals surface area contributed by atoms with Crippen LogP contribution in [0.1, 0.15) is 6.42 Å². The zero-order chi connectivity index (χ0) is 11.0. The van der Waals surface area contributed by atoms with Gasteiger partial charge in [0.1, 0.15) is 0 Å². The Morgan fingerprint density at radius 3 is 2.67 bits per heavy atom. The van der Waals surface area contributed by atoms with E-state index < -0.39 is 5.91 Å². The van der Waals surface area contributed by atoms with Crippen LogP contribution in [-0.4, -0.2) is 18.2 Å². The normalized spacial score (nSPS) is 16.3. The van der Waals surface area contributed by atoms with E-state index in [2.05, 4.69) is 15.9 Å². The highest BCUT2D eigenvalue weighted by molar-refractivity contribution is 9.10. The molecule has 1 heterocycles. The monoisotopic (exact) mass is 287 g/mol. The summed E-state index contributed by atoms with van der Waals surface area (Å²) in [6.07, 6.45) is 0.276. The molecule has 1 fully saturated rings. The number of hydrogen-bond acceptors (Lipinski definition) is 2. The zero-order valence-electron chi connectivity index (χ0n) is 7.67. The topological polar surface area (TPSA) is 37.4 Å². The van der Waals surface area contributed by atoms with Gasteiger partial charge in [-0.15, -0.1) is 0 Å². The van der Waals surface area contributed by atoms with E-state index in [0.717, 1.165) is 4.47 Å². The lowest BCUT2D eigenvalue weighted by atomic mass is 10.3. The molecule has 1 aromatic carbocycles. The third-order valence-corrected chi connectivity index (χ3v) is 3.15. The minimum absolute atomic E-state index is 0.276. The molecule has 0 spiro atoms. The van der Waals surface area contributed by atoms with Crippen LogP contribution in [-0.2, 0) is 9.59 Å². The van der Waals surface area contributed by atoms with E-state index in [-0.39, 0.29) is 12.2 Å². The molecule has 3 nitrogen and oxygen atoms in total. The molecule has 1 aliphatic heterocycles. The molecular weight excluding hydrogens is 281 g/mol. The molecule has 1 saturated heterocycles. The fourth-order valence-corrected chi connectivity index (χ4v) is 2.12. The molecular formula is C10H7BrClNO2. The molecule has 0 radical (unpaired) electrons. The van der Waals surface area contributed by atoms with Crippen molar-refractivity contribution in [2.45, 2.75) is 6.42 Å². The van der Waals surface area contributed by atoms with Gasteiger partial charge in [0.2, 0.25) is 5.78 Å². The van der Waals surface area contributed by atoms with Crippen molar-refractivity contribution in [1.82, 2.24) is 0 Å². The minimum atomic E-state index is -0.460. The van der Waals surface area contributed by atoms with Crippen molar-refractivity contribution < 1.29 is 9.59 Å². The SMILES string of the molecule is O=C1CCN(c2cc(Cl)ccc2Br)C1=O. The van der Waals surface area contributed by atoms with Gasteiger partial charge in [0, 0.05) is 22.5 Å². The number of rotatable bonds is 1. The van der Waals surface area contributed by atoms with Gasteiger partial charge < -0.3 is 4.90 Å². The first-order chi connectivity index (χ1) is 7.09. The van der Waals surface area contributed by atoms with E-state index in [1.165, 1.54) is 4.90 Å². The van der Waals surface area contributed by atoms with Gasteiger partial charge in [-0.3, -0.25) is 9.59 Å². The number of halogens is 2. The highest BCUT2D eigenvalue weighted by Crippen LogP contribution is 2.31. The van der Waals surface area contributed by atoms with Crippen molar-refractivity contribution in [1.29, 1.82) is 0 Å². The molecule has 1 aliphatic rings. The molecule has 0 unspecified atom stereocenters. The summed E-state index contributed by atoms with van der Waals surface area (Å²) < 4.78 is 0.759. The van der Waals surface area contributed by atoms with Crippen molar-refractivity contribution in [2.75, 3.05) is 11.4 Å². The number of carbonyl (C=O) groups excluding carboxylic acids is 2. The lowest BCUT2D eigenvalue weighted by Gasteiger charge is -2.16. The van der Waals surface area contributed by atoms with Crippen molar-refractivity contribution in [3.05, 3.63) is 27.7 Å². The second-order valence-corrected chi connectivity index (χ2v) is 4.52. The van der Waals surface area contributed by atoms with E-state index in [9.17, 15) is 9.59 Å². The fourth-order valence-electron chi connectivity index (χ4n) is 1.49. The first-order valence-corrected chi connectivity index (χ1v) is 5.56. The molecule has 15 heavy (non-hydrogen) atoms. The number of carbonyl (C=O) groups is 2. The average molecular weight is 289 g/mol. The van der Waals surface area contributed by atoms with Crippen molar-refractivity contribution in [3.8, 4) is 0 Å². The van der Waals surface area contributed by atoms with Gasteiger partial charge in [-0.1, -0.05) is 11.6 Å². The van der Waals surface area contributed by atoms with Crippen LogP contribution in [0.15, 0.2) is 22.7 Å². The largest absolute Gasteiger partial charge is 0.304 e. The molecule has 5 heteroatoms. The van der Waals surface area contributed by atoms with E-state index in [4.69, 9.17) is 11.6 Å². The standard InChI is InChI=1S/C10H7BrClNO2/c11-7-2-1-6(12)5-8(7)13-4-3-9(14)10(13)15/h1-2,5H,3-4H2. The number of hydrogen-bond donors (Lipinski definition) is 0. The summed E-state index contributed by atoms with van der Waals surface area (Å²) >= 11 is 9.16. The third kappa shape index (κ3) is 1.92. The molecule has 78 valence electrons. The average Bonchev–Trinajstić information content (AvgIpc) is 2.52. The predicted molar refractivity (Wildman–Crippen MR) is 61.1 cm³/mol. The van der Waals surface area contributed by atoms with Gasteiger partial charge in [0.05, 0.1) is 5.69 Å². The Morgan fingerprint density at radius 2 is 2.07 bits per heavy atom. The van der Waals surface area contributed by atoms with E-state index in [1.54, 1.807) is 18.2 Å². The van der Waals surface area contributed by atoms with Crippen LogP contribution < -0.4 is 4.90 Å². The van der Waals surface area contributed by atoms with Gasteiger partial charge >= 0.3 is 0 Å². The molecule has 0 N–H and O–H groups in total. The summed E-state index contributed by atoms with van der Waals surface area (Å²) in [7, 11) is 0. The number of nitrogens with zero attached hydrogens (tertiary/aromatic N) is 1. The Hall–Kier alpha value is -0.870. The zero-order valence-corrected chi connectivity index (χ0v) is 10.0. The van der Waals surface area contributed by atoms with Crippen LogP contribution in [0.4, 0.5) is 5.69 Å². The summed E-state index contributed by atoms with van der Waals surface area (Å²) in [4.78, 5) is 24.0. The Bertz CT molecular complexity index is 447. The Labute approximate surface area is 100 Å². The smallest absolute Gasteiger partial charge is 0.294 e. The molecule has 0 aromatic heterocycles. The first kappa shape index (κ1) is 10.6. The lowest BCUT2D eigenvalue weighted by Crippen LogP contribution is -2.27. The van der Waals surface area contributed by atoms with Gasteiger partial charge in [0.15, 0.2) is 0 Å². The van der Waals surface area contributed by atoms with Crippen molar-refractivity contribution >= 4 is 44.9 Å². The molecule has 0 aliphatic carbocycles. The molecule has 1 amide bonds. The van der Waals surface area contributed by atoms with Gasteiger partial charge in [-0.05, 0) is 34.1 Å². The number of ketones is 1. The van der Waals surface area contributed by atoms with Gasteiger partial charge in [-0.2, -0.15) is 0 Å². The number of anilines is 1. The van der Waals surface area contributed by atoms with Crippen LogP contribution in [0, 0.1) is 0 Å². The highest BCUT2D eigenvalue weighted by atomic mass is 79.9. The fraction of sp³-hybridized carbons (Fsp3) is 0.200. The van der Waals surface area contributed by atoms with Crippen molar-refractivity contribution in [3.63, 3.8) is 0 Å². The molecule has 0 atom stereocenters. The van der Waals surface area contributed by atoms with Crippen LogP contribution in [0.5, 0.6) is 0 Å². The van der Waals surface area contributed by atoms with Crippen LogP contribution in [0.25, 0.3) is 0 Å². The summed E-state index contributed by atoms with van der Waals surface area (Å²) in [5.41, 5.74) is 0.651. The summed E-state index contributed by atoms with van der Waals surface area (Å²) in [6.45, 7) is 0.427. The first-order valence-electron chi connectivity index (χ1n) is 4.39. The second-order valence-electron chi connectivity index (χ2n) is 3.23. The molecule has 0 saturated carbocycles. The van der Waals surface area contributed by atoms with Crippen molar-refractivity contribution in [2.24, 2.45) is 0 Å². The number of amides is 1. The van der Waals surface area contributed by atoms with Gasteiger partial charge in [-0.25, -0.2) is 0 Å². The Kier molecular flexibility index (Phi) is 2.80. The van der Waals surface area contributed by atoms with E-state index in [0.29, 0.717) is 17.3 Å². The third-order valence-electron chi connectivity index (χ3n) is 2.25. The molecule has 1 aromatic rings. The maximum absolute atomic E-state index is 11.5. The molecule has 2 rings (SSSR count). The molecule has 0 bridgehead atoms. The summed E-state index contributed by atoms with van der Waals surface area (Å²) in [5.74, 6) is -0.806. The second kappa shape index (κ2) is 3.94. The lowest BCUT2D eigenvalue weighted by molar-refractivity contribution is -0.133. The summed E-state index contributed by atoms with van der Waals surface area (Å²) in [6, 6.07) is 5.15. The minimum Gasteiger partial charge on any atom is -0.304 e.